The highest BCUT2D eigenvalue weighted by molar-refractivity contribution is 5.86. The minimum atomic E-state index is -0.778. The average Bonchev–Trinajstić information content (AvgIpc) is 3.06. The minimum absolute atomic E-state index is 0.0319. The van der Waals surface area contributed by atoms with Crippen LogP contribution in [0.15, 0.2) is 0 Å². The van der Waals surface area contributed by atoms with Crippen LogP contribution in [0, 0.1) is 22.7 Å². The van der Waals surface area contributed by atoms with E-state index in [-0.39, 0.29) is 23.2 Å². The molecule has 120 valence electrons. The second-order valence-corrected chi connectivity index (χ2v) is 7.33. The summed E-state index contributed by atoms with van der Waals surface area (Å²) in [4.78, 5) is 26.6. The second kappa shape index (κ2) is 5.59. The summed E-state index contributed by atoms with van der Waals surface area (Å²) in [6.45, 7) is 10.6. The molecule has 0 aromatic carbocycles. The second-order valence-electron chi connectivity index (χ2n) is 7.33. The first kappa shape index (κ1) is 16.3. The van der Waals surface area contributed by atoms with E-state index >= 15 is 0 Å². The SMILES string of the molecule is CC(C)C1(C(=O)O)CCN(C(=O)C2(C(C)C)CCNC2)C1. The van der Waals surface area contributed by atoms with Crippen molar-refractivity contribution in [2.45, 2.75) is 40.5 Å². The van der Waals surface area contributed by atoms with Crippen molar-refractivity contribution in [3.63, 3.8) is 0 Å². The van der Waals surface area contributed by atoms with Gasteiger partial charge in [0.25, 0.3) is 0 Å². The highest BCUT2D eigenvalue weighted by Gasteiger charge is 2.53. The molecule has 2 fully saturated rings. The topological polar surface area (TPSA) is 69.6 Å². The van der Waals surface area contributed by atoms with Gasteiger partial charge in [0.15, 0.2) is 0 Å². The zero-order chi connectivity index (χ0) is 15.8. The van der Waals surface area contributed by atoms with E-state index in [1.54, 1.807) is 4.90 Å². The number of carbonyl (C=O) groups is 2. The van der Waals surface area contributed by atoms with Crippen LogP contribution in [0.5, 0.6) is 0 Å². The van der Waals surface area contributed by atoms with Crippen LogP contribution in [0.1, 0.15) is 40.5 Å². The third-order valence-corrected chi connectivity index (χ3v) is 5.84. The Morgan fingerprint density at radius 2 is 1.71 bits per heavy atom. The molecule has 5 nitrogen and oxygen atoms in total. The zero-order valence-corrected chi connectivity index (χ0v) is 13.6. The van der Waals surface area contributed by atoms with Gasteiger partial charge in [0.1, 0.15) is 0 Å². The molecule has 2 atom stereocenters. The lowest BCUT2D eigenvalue weighted by Crippen LogP contribution is -2.49. The summed E-state index contributed by atoms with van der Waals surface area (Å²) in [5.41, 5.74) is -1.13. The Hall–Kier alpha value is -1.10. The first-order valence-electron chi connectivity index (χ1n) is 8.00. The Bertz CT molecular complexity index is 427. The molecule has 2 aliphatic heterocycles. The van der Waals surface area contributed by atoms with Crippen LogP contribution in [0.2, 0.25) is 0 Å². The molecule has 2 saturated heterocycles. The summed E-state index contributed by atoms with van der Waals surface area (Å²) in [6, 6.07) is 0. The lowest BCUT2D eigenvalue weighted by Gasteiger charge is -2.36. The first-order valence-corrected chi connectivity index (χ1v) is 8.00. The number of hydrogen-bond acceptors (Lipinski definition) is 3. The van der Waals surface area contributed by atoms with Crippen molar-refractivity contribution in [3.05, 3.63) is 0 Å². The van der Waals surface area contributed by atoms with Gasteiger partial charge in [-0.1, -0.05) is 27.7 Å². The largest absolute Gasteiger partial charge is 0.481 e. The van der Waals surface area contributed by atoms with E-state index in [2.05, 4.69) is 19.2 Å². The van der Waals surface area contributed by atoms with Gasteiger partial charge in [-0.25, -0.2) is 0 Å². The predicted molar refractivity (Wildman–Crippen MR) is 80.9 cm³/mol. The van der Waals surface area contributed by atoms with E-state index in [9.17, 15) is 14.7 Å². The van der Waals surface area contributed by atoms with Crippen molar-refractivity contribution >= 4 is 11.9 Å². The Balaban J connectivity index is 2.20. The average molecular weight is 296 g/mol. The highest BCUT2D eigenvalue weighted by Crippen LogP contribution is 2.42. The molecule has 2 unspecified atom stereocenters. The summed E-state index contributed by atoms with van der Waals surface area (Å²) < 4.78 is 0. The van der Waals surface area contributed by atoms with Gasteiger partial charge in [-0.05, 0) is 31.2 Å². The standard InChI is InChI=1S/C16H28N2O3/c1-11(2)15(5-7-17-9-15)13(19)18-8-6-16(10-18,12(3)4)14(20)21/h11-12,17H,5-10H2,1-4H3,(H,20,21). The molecule has 5 heteroatoms. The molecule has 1 amide bonds. The number of nitrogens with one attached hydrogen (secondary N) is 1. The van der Waals surface area contributed by atoms with Crippen molar-refractivity contribution in [3.8, 4) is 0 Å². The van der Waals surface area contributed by atoms with Crippen molar-refractivity contribution in [2.75, 3.05) is 26.2 Å². The van der Waals surface area contributed by atoms with E-state index in [0.29, 0.717) is 26.1 Å². The summed E-state index contributed by atoms with van der Waals surface area (Å²) in [5, 5.41) is 12.9. The van der Waals surface area contributed by atoms with Crippen LogP contribution in [0.25, 0.3) is 0 Å². The maximum absolute atomic E-state index is 13.0. The lowest BCUT2D eigenvalue weighted by molar-refractivity contribution is -0.152. The Labute approximate surface area is 127 Å². The Morgan fingerprint density at radius 3 is 2.10 bits per heavy atom. The molecule has 21 heavy (non-hydrogen) atoms. The van der Waals surface area contributed by atoms with Gasteiger partial charge in [-0.2, -0.15) is 0 Å². The predicted octanol–water partition coefficient (Wildman–Crippen LogP) is 1.58. The molecule has 0 aliphatic carbocycles. The van der Waals surface area contributed by atoms with Crippen molar-refractivity contribution in [1.82, 2.24) is 10.2 Å². The van der Waals surface area contributed by atoms with E-state index in [1.165, 1.54) is 0 Å². The van der Waals surface area contributed by atoms with Gasteiger partial charge >= 0.3 is 5.97 Å². The van der Waals surface area contributed by atoms with E-state index in [0.717, 1.165) is 13.0 Å². The minimum Gasteiger partial charge on any atom is -0.481 e. The Kier molecular flexibility index (Phi) is 4.34. The molecule has 0 aromatic heterocycles. The third-order valence-electron chi connectivity index (χ3n) is 5.84. The van der Waals surface area contributed by atoms with Crippen molar-refractivity contribution in [2.24, 2.45) is 22.7 Å². The maximum Gasteiger partial charge on any atom is 0.311 e. The summed E-state index contributed by atoms with van der Waals surface area (Å²) in [7, 11) is 0. The summed E-state index contributed by atoms with van der Waals surface area (Å²) in [5.74, 6) is -0.328. The van der Waals surface area contributed by atoms with Gasteiger partial charge in [-0.15, -0.1) is 0 Å². The van der Waals surface area contributed by atoms with E-state index in [4.69, 9.17) is 0 Å². The maximum atomic E-state index is 13.0. The molecule has 0 saturated carbocycles. The van der Waals surface area contributed by atoms with Gasteiger partial charge in [0.2, 0.25) is 5.91 Å². The lowest BCUT2D eigenvalue weighted by atomic mass is 9.74. The Morgan fingerprint density at radius 1 is 1.10 bits per heavy atom. The highest BCUT2D eigenvalue weighted by atomic mass is 16.4. The molecule has 2 N–H and O–H groups in total. The van der Waals surface area contributed by atoms with E-state index < -0.39 is 11.4 Å². The van der Waals surface area contributed by atoms with Crippen molar-refractivity contribution in [1.29, 1.82) is 0 Å². The summed E-state index contributed by atoms with van der Waals surface area (Å²) >= 11 is 0. The van der Waals surface area contributed by atoms with Crippen LogP contribution in [-0.4, -0.2) is 48.1 Å². The zero-order valence-electron chi connectivity index (χ0n) is 13.6. The van der Waals surface area contributed by atoms with Crippen molar-refractivity contribution < 1.29 is 14.7 Å². The van der Waals surface area contributed by atoms with Gasteiger partial charge < -0.3 is 15.3 Å². The molecule has 2 aliphatic rings. The van der Waals surface area contributed by atoms with Crippen LogP contribution in [-0.2, 0) is 9.59 Å². The number of carboxylic acids is 1. The molecule has 2 heterocycles. The molecular formula is C16H28N2O3. The molecule has 0 spiro atoms. The van der Waals surface area contributed by atoms with Crippen LogP contribution in [0.4, 0.5) is 0 Å². The van der Waals surface area contributed by atoms with Crippen LogP contribution in [0.3, 0.4) is 0 Å². The number of carboxylic acid groups (broad SMARTS) is 1. The molecule has 0 bridgehead atoms. The number of likely N-dealkylation sites (tertiary alicyclic amines) is 1. The van der Waals surface area contributed by atoms with Gasteiger partial charge in [-0.3, -0.25) is 9.59 Å². The summed E-state index contributed by atoms with van der Waals surface area (Å²) in [6.07, 6.45) is 1.41. The fourth-order valence-corrected chi connectivity index (χ4v) is 3.85. The van der Waals surface area contributed by atoms with Gasteiger partial charge in [0.05, 0.1) is 10.8 Å². The first-order chi connectivity index (χ1) is 9.76. The number of hydrogen-bond donors (Lipinski definition) is 2. The normalized spacial score (nSPS) is 33.1. The van der Waals surface area contributed by atoms with Crippen LogP contribution < -0.4 is 5.32 Å². The molecule has 0 radical (unpaired) electrons. The van der Waals surface area contributed by atoms with Gasteiger partial charge in [0, 0.05) is 19.6 Å². The molecular weight excluding hydrogens is 268 g/mol. The quantitative estimate of drug-likeness (QED) is 0.826. The smallest absolute Gasteiger partial charge is 0.311 e. The molecule has 2 rings (SSSR count). The molecule has 0 aromatic rings. The fraction of sp³-hybridized carbons (Fsp3) is 0.875. The van der Waals surface area contributed by atoms with Crippen LogP contribution >= 0.6 is 0 Å². The number of rotatable bonds is 4. The number of amides is 1. The third kappa shape index (κ3) is 2.45. The monoisotopic (exact) mass is 296 g/mol. The number of nitrogens with zero attached hydrogens (tertiary/aromatic N) is 1. The fourth-order valence-electron chi connectivity index (χ4n) is 3.85. The number of aliphatic carboxylic acids is 1. The van der Waals surface area contributed by atoms with E-state index in [1.807, 2.05) is 13.8 Å². The number of carbonyl (C=O) groups excluding carboxylic acids is 1.